The second-order valence-corrected chi connectivity index (χ2v) is 4.44. The van der Waals surface area contributed by atoms with Crippen molar-refractivity contribution in [1.29, 1.82) is 0 Å². The Kier molecular flexibility index (Phi) is 3.76. The number of aliphatic hydroxyl groups excluding tert-OH is 2. The molecule has 0 aliphatic heterocycles. The third kappa shape index (κ3) is 3.05. The number of benzene rings is 1. The number of amides is 1. The van der Waals surface area contributed by atoms with E-state index in [-0.39, 0.29) is 25.0 Å². The second-order valence-electron chi connectivity index (χ2n) is 4.44. The molecule has 4 heteroatoms. The van der Waals surface area contributed by atoms with E-state index in [1.54, 1.807) is 0 Å². The largest absolute Gasteiger partial charge is 0.394 e. The summed E-state index contributed by atoms with van der Waals surface area (Å²) in [4.78, 5) is 11.7. The van der Waals surface area contributed by atoms with E-state index in [0.29, 0.717) is 5.92 Å². The lowest BCUT2D eigenvalue weighted by atomic mass is 10.1. The second kappa shape index (κ2) is 5.29. The predicted octanol–water partition coefficient (Wildman–Crippen LogP) is 0.259. The van der Waals surface area contributed by atoms with Crippen molar-refractivity contribution in [1.82, 2.24) is 5.32 Å². The molecule has 3 unspecified atom stereocenters. The fraction of sp³-hybridized carbons (Fsp3) is 0.462. The zero-order valence-corrected chi connectivity index (χ0v) is 9.54. The summed E-state index contributed by atoms with van der Waals surface area (Å²) in [5.74, 6) is 0.289. The van der Waals surface area contributed by atoms with E-state index in [1.807, 2.05) is 30.3 Å². The molecular weight excluding hydrogens is 218 g/mol. The topological polar surface area (TPSA) is 69.6 Å². The Bertz CT molecular complexity index is 380. The smallest absolute Gasteiger partial charge is 0.223 e. The van der Waals surface area contributed by atoms with Crippen molar-refractivity contribution in [3.63, 3.8) is 0 Å². The van der Waals surface area contributed by atoms with E-state index in [9.17, 15) is 4.79 Å². The van der Waals surface area contributed by atoms with Gasteiger partial charge in [0.25, 0.3) is 0 Å². The lowest BCUT2D eigenvalue weighted by molar-refractivity contribution is -0.123. The Morgan fingerprint density at radius 1 is 1.41 bits per heavy atom. The van der Waals surface area contributed by atoms with Crippen LogP contribution in [0, 0.1) is 5.92 Å². The summed E-state index contributed by atoms with van der Waals surface area (Å²) in [5, 5.41) is 20.4. The van der Waals surface area contributed by atoms with E-state index < -0.39 is 6.10 Å². The van der Waals surface area contributed by atoms with E-state index >= 15 is 0 Å². The molecule has 1 fully saturated rings. The van der Waals surface area contributed by atoms with E-state index in [2.05, 4.69) is 5.32 Å². The summed E-state index contributed by atoms with van der Waals surface area (Å²) >= 11 is 0. The molecule has 3 atom stereocenters. The summed E-state index contributed by atoms with van der Waals surface area (Å²) in [5.41, 5.74) is 1.19. The first-order chi connectivity index (χ1) is 8.22. The molecule has 0 radical (unpaired) electrons. The first kappa shape index (κ1) is 12.1. The number of hydrogen-bond acceptors (Lipinski definition) is 3. The SMILES string of the molecule is O=C(NCC(O)CO)C1CC1c1ccccc1. The highest BCUT2D eigenvalue weighted by Crippen LogP contribution is 2.47. The van der Waals surface area contributed by atoms with Crippen LogP contribution in [0.1, 0.15) is 17.9 Å². The molecule has 0 bridgehead atoms. The lowest BCUT2D eigenvalue weighted by Crippen LogP contribution is -2.34. The number of carbonyl (C=O) groups excluding carboxylic acids is 1. The molecule has 1 aliphatic carbocycles. The van der Waals surface area contributed by atoms with Crippen LogP contribution in [0.2, 0.25) is 0 Å². The van der Waals surface area contributed by atoms with Gasteiger partial charge in [-0.25, -0.2) is 0 Å². The first-order valence-corrected chi connectivity index (χ1v) is 5.84. The van der Waals surface area contributed by atoms with Crippen molar-refractivity contribution in [2.24, 2.45) is 5.92 Å². The molecule has 2 rings (SSSR count). The van der Waals surface area contributed by atoms with Gasteiger partial charge in [0.15, 0.2) is 0 Å². The number of nitrogens with one attached hydrogen (secondary N) is 1. The van der Waals surface area contributed by atoms with E-state index in [4.69, 9.17) is 10.2 Å². The number of carbonyl (C=O) groups is 1. The van der Waals surface area contributed by atoms with Crippen LogP contribution in [0.25, 0.3) is 0 Å². The highest BCUT2D eigenvalue weighted by Gasteiger charge is 2.43. The third-order valence-corrected chi connectivity index (χ3v) is 3.08. The van der Waals surface area contributed by atoms with Gasteiger partial charge < -0.3 is 15.5 Å². The molecule has 92 valence electrons. The monoisotopic (exact) mass is 235 g/mol. The van der Waals surface area contributed by atoms with E-state index in [1.165, 1.54) is 5.56 Å². The van der Waals surface area contributed by atoms with Crippen LogP contribution in [0.5, 0.6) is 0 Å². The van der Waals surface area contributed by atoms with Crippen molar-refractivity contribution < 1.29 is 15.0 Å². The van der Waals surface area contributed by atoms with Crippen LogP contribution >= 0.6 is 0 Å². The van der Waals surface area contributed by atoms with Crippen molar-refractivity contribution in [3.05, 3.63) is 35.9 Å². The Morgan fingerprint density at radius 2 is 2.12 bits per heavy atom. The zero-order chi connectivity index (χ0) is 12.3. The van der Waals surface area contributed by atoms with Crippen molar-refractivity contribution >= 4 is 5.91 Å². The Morgan fingerprint density at radius 3 is 2.76 bits per heavy atom. The number of rotatable bonds is 5. The molecule has 3 N–H and O–H groups in total. The van der Waals surface area contributed by atoms with Crippen LogP contribution in [-0.4, -0.2) is 35.4 Å². The van der Waals surface area contributed by atoms with Gasteiger partial charge in [-0.2, -0.15) is 0 Å². The van der Waals surface area contributed by atoms with Gasteiger partial charge >= 0.3 is 0 Å². The minimum atomic E-state index is -0.868. The van der Waals surface area contributed by atoms with E-state index in [0.717, 1.165) is 6.42 Å². The van der Waals surface area contributed by atoms with Gasteiger partial charge in [-0.3, -0.25) is 4.79 Å². The highest BCUT2D eigenvalue weighted by atomic mass is 16.3. The van der Waals surface area contributed by atoms with Gasteiger partial charge in [0.2, 0.25) is 5.91 Å². The first-order valence-electron chi connectivity index (χ1n) is 5.84. The molecule has 0 saturated heterocycles. The molecule has 17 heavy (non-hydrogen) atoms. The molecule has 0 aromatic heterocycles. The normalized spacial score (nSPS) is 24.1. The summed E-state index contributed by atoms with van der Waals surface area (Å²) in [7, 11) is 0. The molecular formula is C13H17NO3. The average Bonchev–Trinajstić information content (AvgIpc) is 3.17. The standard InChI is InChI=1S/C13H17NO3/c15-8-10(16)7-14-13(17)12-6-11(12)9-4-2-1-3-5-9/h1-5,10-12,15-16H,6-8H2,(H,14,17). The van der Waals surface area contributed by atoms with Gasteiger partial charge in [0, 0.05) is 12.5 Å². The summed E-state index contributed by atoms with van der Waals surface area (Å²) in [6.45, 7) is -0.208. The molecule has 1 aliphatic rings. The molecule has 0 spiro atoms. The summed E-state index contributed by atoms with van der Waals surface area (Å²) < 4.78 is 0. The quantitative estimate of drug-likeness (QED) is 0.685. The Hall–Kier alpha value is -1.39. The fourth-order valence-corrected chi connectivity index (χ4v) is 1.97. The van der Waals surface area contributed by atoms with Crippen LogP contribution in [-0.2, 0) is 4.79 Å². The van der Waals surface area contributed by atoms with Crippen molar-refractivity contribution in [3.8, 4) is 0 Å². The maximum Gasteiger partial charge on any atom is 0.223 e. The third-order valence-electron chi connectivity index (χ3n) is 3.08. The van der Waals surface area contributed by atoms with Crippen LogP contribution in [0.3, 0.4) is 0 Å². The predicted molar refractivity (Wildman–Crippen MR) is 63.4 cm³/mol. The fourth-order valence-electron chi connectivity index (χ4n) is 1.97. The van der Waals surface area contributed by atoms with Gasteiger partial charge in [-0.05, 0) is 17.9 Å². The molecule has 1 aromatic rings. The van der Waals surface area contributed by atoms with Crippen molar-refractivity contribution in [2.45, 2.75) is 18.4 Å². The Balaban J connectivity index is 1.81. The van der Waals surface area contributed by atoms with Crippen LogP contribution in [0.15, 0.2) is 30.3 Å². The van der Waals surface area contributed by atoms with Crippen molar-refractivity contribution in [2.75, 3.05) is 13.2 Å². The molecule has 0 heterocycles. The zero-order valence-electron chi connectivity index (χ0n) is 9.54. The Labute approximate surface area is 100 Å². The lowest BCUT2D eigenvalue weighted by Gasteiger charge is -2.08. The maximum absolute atomic E-state index is 11.7. The molecule has 1 amide bonds. The minimum Gasteiger partial charge on any atom is -0.394 e. The van der Waals surface area contributed by atoms with Gasteiger partial charge in [-0.1, -0.05) is 30.3 Å². The summed E-state index contributed by atoms with van der Waals surface area (Å²) in [6, 6.07) is 9.95. The molecule has 1 saturated carbocycles. The highest BCUT2D eigenvalue weighted by molar-refractivity contribution is 5.82. The number of hydrogen-bond donors (Lipinski definition) is 3. The molecule has 4 nitrogen and oxygen atoms in total. The van der Waals surface area contributed by atoms with Gasteiger partial charge in [0.1, 0.15) is 0 Å². The van der Waals surface area contributed by atoms with Crippen LogP contribution < -0.4 is 5.32 Å². The maximum atomic E-state index is 11.7. The summed E-state index contributed by atoms with van der Waals surface area (Å²) in [6.07, 6.45) is -0.00157. The van der Waals surface area contributed by atoms with Gasteiger partial charge in [-0.15, -0.1) is 0 Å². The van der Waals surface area contributed by atoms with Crippen LogP contribution in [0.4, 0.5) is 0 Å². The molecule has 1 aromatic carbocycles. The number of aliphatic hydroxyl groups is 2. The van der Waals surface area contributed by atoms with Gasteiger partial charge in [0.05, 0.1) is 12.7 Å². The average molecular weight is 235 g/mol. The minimum absolute atomic E-state index is 0.0169.